The van der Waals surface area contributed by atoms with E-state index in [1.807, 2.05) is 73.8 Å². The first-order chi connectivity index (χ1) is 52.0. The number of hydrogen-bond donors (Lipinski definition) is 6. The smallest absolute Gasteiger partial charge is 0.356 e. The van der Waals surface area contributed by atoms with E-state index in [0.717, 1.165) is 25.6 Å². The lowest BCUT2D eigenvalue weighted by molar-refractivity contribution is 0.0506. The number of aromatic nitrogens is 18. The molecule has 0 unspecified atom stereocenters. The van der Waals surface area contributed by atoms with Gasteiger partial charge in [-0.05, 0) is 215 Å². The molecule has 0 aliphatic rings. The summed E-state index contributed by atoms with van der Waals surface area (Å²) in [6.45, 7) is 6.34. The van der Waals surface area contributed by atoms with Crippen molar-refractivity contribution in [1.82, 2.24) is 87.3 Å². The summed E-state index contributed by atoms with van der Waals surface area (Å²) < 4.78 is 37.0. The molecular formula is C64H63Br2Cl6N20O10PS6. The highest BCUT2D eigenvalue weighted by atomic mass is 79.9. The number of thiocarbonyl (C=S) groups is 1. The molecule has 7 N–H and O–H groups in total. The minimum Gasteiger partial charge on any atom is -0.461 e. The minimum absolute atomic E-state index is 0.0692. The van der Waals surface area contributed by atoms with Gasteiger partial charge in [0.25, 0.3) is 11.1 Å². The molecule has 0 saturated carbocycles. The minimum atomic E-state index is -3.22. The fraction of sp³-hybridized carbons (Fsp3) is 0.172. The third-order valence-electron chi connectivity index (χ3n) is 12.9. The molecule has 13 heterocycles. The third-order valence-corrected chi connectivity index (χ3v) is 17.6. The maximum Gasteiger partial charge on any atom is 0.356 e. The summed E-state index contributed by atoms with van der Waals surface area (Å²) >= 11 is 54.2. The number of ether oxygens (including phenoxy) is 3. The number of carbonyl (C=O) groups is 4. The average molecular weight is 1870 g/mol. The van der Waals surface area contributed by atoms with Gasteiger partial charge in [0.15, 0.2) is 31.2 Å². The summed E-state index contributed by atoms with van der Waals surface area (Å²) in [7, 11) is 0. The summed E-state index contributed by atoms with van der Waals surface area (Å²) in [5, 5.41) is 20.5. The second-order valence-electron chi connectivity index (χ2n) is 20.1. The van der Waals surface area contributed by atoms with E-state index in [1.54, 1.807) is 159 Å². The molecule has 14 rings (SSSR count). The van der Waals surface area contributed by atoms with Crippen LogP contribution < -0.4 is 22.4 Å². The van der Waals surface area contributed by atoms with Crippen molar-refractivity contribution in [3.05, 3.63) is 237 Å². The normalized spacial score (nSPS) is 10.4. The Labute approximate surface area is 693 Å². The zero-order valence-corrected chi connectivity index (χ0v) is 71.3. The van der Waals surface area contributed by atoms with E-state index < -0.39 is 11.2 Å². The summed E-state index contributed by atoms with van der Waals surface area (Å²) in [4.78, 5) is 88.6. The van der Waals surface area contributed by atoms with Crippen molar-refractivity contribution in [2.45, 2.75) is 47.8 Å². The van der Waals surface area contributed by atoms with Gasteiger partial charge in [-0.25, -0.2) is 47.4 Å². The number of nitrogens with zero attached hydrogens (tertiary/aromatic N) is 14. The highest BCUT2D eigenvalue weighted by Gasteiger charge is 2.16. The predicted molar refractivity (Wildman–Crippen MR) is 446 cm³/mol. The largest absolute Gasteiger partial charge is 0.461 e. The number of halogens is 8. The lowest BCUT2D eigenvalue weighted by Gasteiger charge is -2.12. The van der Waals surface area contributed by atoms with E-state index in [9.17, 15) is 33.3 Å². The van der Waals surface area contributed by atoms with Gasteiger partial charge < -0.3 is 25.0 Å². The van der Waals surface area contributed by atoms with Gasteiger partial charge in [0.05, 0.1) is 26.2 Å². The predicted octanol–water partition coefficient (Wildman–Crippen LogP) is 16.5. The van der Waals surface area contributed by atoms with Gasteiger partial charge in [-0.1, -0.05) is 124 Å². The van der Waals surface area contributed by atoms with Crippen LogP contribution in [0.5, 0.6) is 0 Å². The van der Waals surface area contributed by atoms with E-state index in [0.29, 0.717) is 99.3 Å². The molecule has 30 nitrogen and oxygen atoms in total. The lowest BCUT2D eigenvalue weighted by atomic mass is 10.1. The van der Waals surface area contributed by atoms with Crippen LogP contribution in [0, 0.1) is 4.77 Å². The number of H-pyrrole nitrogens is 4. The molecule has 0 spiro atoms. The summed E-state index contributed by atoms with van der Waals surface area (Å²) in [6, 6.07) is 35.4. The zero-order valence-electron chi connectivity index (χ0n) is 57.8. The third kappa shape index (κ3) is 28.4. The number of thioether (sulfide) groups is 4. The van der Waals surface area contributed by atoms with E-state index in [1.165, 1.54) is 56.4 Å². The molecule has 14 aromatic rings. The maximum atomic E-state index is 12.1. The number of esters is 3. The van der Waals surface area contributed by atoms with Gasteiger partial charge in [0, 0.05) is 53.4 Å². The quantitative estimate of drug-likeness (QED) is 0.0112. The Kier molecular flexibility index (Phi) is 37.5. The first kappa shape index (κ1) is 90.0. The Morgan fingerprint density at radius 2 is 1.11 bits per heavy atom. The van der Waals surface area contributed by atoms with Crippen LogP contribution in [-0.4, -0.2) is 161 Å². The number of nitrogen functional groups attached to an aromatic ring is 1. The maximum absolute atomic E-state index is 12.1. The number of fused-ring (bicyclic) bond motifs is 5. The molecule has 0 aliphatic carbocycles. The second-order valence-corrected chi connectivity index (χ2v) is 33.5. The standard InChI is InChI=1S/C16H16N2O3S.2C7H5BrClN3S.C7H6ClN3S.C7H7N3OS.C7H10N2O2.C7H9NO2.C6H5N3OS.Cl3OP/c1-2-21-16(20)13-9-6-10-18(13)17-15(22)11-14(19)12-7-4-3-5-8-12;1-13-7-10-6(9)5-4(8)2-3-12(5)11-7;1-13-7-10-6(9)4-2-3-5(8)12(4)11-7;1-12-7-9-6(8)5-3-2-4-11(5)10-7;1-12-7-8-6(11)5-3-2-4-10(5)9-7;1-2-11-7(10)6-4-3-5-9(6)8;1-2-10-7(9)6-4-3-5-8-6;10-5-4-2-1-3-9(4)8-6(11)7-5;1-5(2,3)4/h3-10H,2,11H2,1H3,(H,17,22);2*2-3H,1H3;2-4H,1H3;2-4H,1H3,(H,8,9,11);3-5H,2,8H2,1H3;3-5,8H,2H2,1H3;1-3H,(H2,7,8,10,11);. The number of nitrogens with one attached hydrogen (secondary N) is 5. The van der Waals surface area contributed by atoms with Gasteiger partial charge in [-0.3, -0.25) is 53.3 Å². The topological polar surface area (TPSA) is 371 Å². The summed E-state index contributed by atoms with van der Waals surface area (Å²) in [6.07, 6.45) is 19.8. The number of rotatable bonds is 14. The molecule has 0 saturated heterocycles. The van der Waals surface area contributed by atoms with Gasteiger partial charge in [0.1, 0.15) is 54.3 Å². The highest BCUT2D eigenvalue weighted by molar-refractivity contribution is 9.10. The number of aromatic amines is 4. The molecular weight excluding hydrogens is 1800 g/mol. The van der Waals surface area contributed by atoms with Crippen LogP contribution >= 0.6 is 177 Å². The van der Waals surface area contributed by atoms with E-state index in [2.05, 4.69) is 126 Å². The second kappa shape index (κ2) is 45.4. The number of carbonyl (C=O) groups excluding carboxylic acids is 4. The van der Waals surface area contributed by atoms with Crippen LogP contribution in [0.3, 0.4) is 0 Å². The molecule has 576 valence electrons. The molecule has 45 heteroatoms. The van der Waals surface area contributed by atoms with Crippen molar-refractivity contribution >= 4 is 233 Å². The fourth-order valence-electron chi connectivity index (χ4n) is 8.29. The lowest BCUT2D eigenvalue weighted by Crippen LogP contribution is -2.26. The van der Waals surface area contributed by atoms with Crippen LogP contribution in [0.2, 0.25) is 15.5 Å². The van der Waals surface area contributed by atoms with Crippen LogP contribution in [0.4, 0.5) is 0 Å². The molecule has 109 heavy (non-hydrogen) atoms. The van der Waals surface area contributed by atoms with Gasteiger partial charge >= 0.3 is 23.1 Å². The molecule has 0 amide bonds. The summed E-state index contributed by atoms with van der Waals surface area (Å²) in [5.41, 5.74) is 8.00. The molecule has 13 aromatic heterocycles. The Morgan fingerprint density at radius 1 is 0.578 bits per heavy atom. The van der Waals surface area contributed by atoms with Crippen LogP contribution in [-0.2, 0) is 18.8 Å². The first-order valence-corrected chi connectivity index (χ1v) is 43.7. The molecule has 0 aliphatic heterocycles. The molecule has 0 bridgehead atoms. The van der Waals surface area contributed by atoms with E-state index in [4.69, 9.17) is 79.3 Å². The van der Waals surface area contributed by atoms with Crippen molar-refractivity contribution in [2.75, 3.05) is 56.1 Å². The van der Waals surface area contributed by atoms with Crippen molar-refractivity contribution in [3.63, 3.8) is 0 Å². The average Bonchev–Trinajstić information content (AvgIpc) is 1.69. The highest BCUT2D eigenvalue weighted by Crippen LogP contribution is 2.61. The number of Topliss-reactive ketones (excluding diaryl/α,β-unsaturated/α-hetero) is 1. The van der Waals surface area contributed by atoms with E-state index >= 15 is 0 Å². The van der Waals surface area contributed by atoms with Crippen molar-refractivity contribution < 1.29 is 38.0 Å². The van der Waals surface area contributed by atoms with Crippen LogP contribution in [0.1, 0.15) is 69.0 Å². The summed E-state index contributed by atoms with van der Waals surface area (Å²) in [5.74, 6) is 4.17. The van der Waals surface area contributed by atoms with Gasteiger partial charge in [-0.2, -0.15) is 0 Å². The molecule has 0 atom stereocenters. The Hall–Kier alpha value is -7.92. The number of nitrogens with two attached hydrogens (primary N) is 1. The van der Waals surface area contributed by atoms with Crippen LogP contribution in [0.25, 0.3) is 27.6 Å². The molecule has 0 radical (unpaired) electrons. The van der Waals surface area contributed by atoms with E-state index in [-0.39, 0.29) is 35.3 Å². The monoisotopic (exact) mass is 1860 g/mol. The van der Waals surface area contributed by atoms with Crippen molar-refractivity contribution in [1.29, 1.82) is 0 Å². The van der Waals surface area contributed by atoms with Crippen LogP contribution in [0.15, 0.2) is 204 Å². The van der Waals surface area contributed by atoms with Gasteiger partial charge in [0.2, 0.25) is 15.5 Å². The SMILES string of the molecule is CCOC(=O)c1ccc[nH]1.CCOC(=O)c1cccn1N.CCOC(=O)c1cccn1NC(=S)CC(=O)c1ccccc1.CSc1nc(Cl)c2c(Br)ccn2n1.CSc1nc(Cl)c2ccc(Br)n2n1.CSc1nc(Cl)c2cccn2n1.CSc1nn2cccc2c(=O)[nH]1.O=P(Cl)(Cl)Cl.O=c1[nH]c(=S)[nH]n2cccc12. The molecule has 1 aromatic carbocycles. The van der Waals surface area contributed by atoms with Gasteiger partial charge in [-0.15, -0.1) is 20.4 Å². The first-order valence-electron chi connectivity index (χ1n) is 30.8. The number of hydrogen-bond acceptors (Lipinski definition) is 24. The number of ketones is 1. The number of benzene rings is 1. The Bertz CT molecular complexity index is 5570. The van der Waals surface area contributed by atoms with Crippen molar-refractivity contribution in [2.24, 2.45) is 0 Å². The van der Waals surface area contributed by atoms with Crippen molar-refractivity contribution in [3.8, 4) is 0 Å². The zero-order chi connectivity index (χ0) is 79.9. The Balaban J connectivity index is 0.000000195. The fourth-order valence-corrected chi connectivity index (χ4v) is 12.0. The Morgan fingerprint density at radius 3 is 1.71 bits per heavy atom. The molecule has 0 fully saturated rings.